The molecule has 0 spiro atoms. The number of carbonyl (C=O) groups excluding carboxylic acids is 2. The summed E-state index contributed by atoms with van der Waals surface area (Å²) in [5.41, 5.74) is 0.226. The fourth-order valence-electron chi connectivity index (χ4n) is 2.86. The van der Waals surface area contributed by atoms with Crippen LogP contribution in [0.2, 0.25) is 0 Å². The van der Waals surface area contributed by atoms with E-state index in [0.717, 1.165) is 0 Å². The molecule has 1 fully saturated rings. The van der Waals surface area contributed by atoms with E-state index in [2.05, 4.69) is 0 Å². The first-order chi connectivity index (χ1) is 9.01. The Kier molecular flexibility index (Phi) is 3.69. The minimum atomic E-state index is -0.880. The molecule has 1 saturated carbocycles. The first kappa shape index (κ1) is 13.7. The van der Waals surface area contributed by atoms with E-state index in [1.54, 1.807) is 19.1 Å². The summed E-state index contributed by atoms with van der Waals surface area (Å²) in [6.45, 7) is 1.66. The molecule has 19 heavy (non-hydrogen) atoms. The largest absolute Gasteiger partial charge is 0.468 e. The molecule has 1 aromatic carbocycles. The molecular weight excluding hydrogens is 247 g/mol. The summed E-state index contributed by atoms with van der Waals surface area (Å²) < 4.78 is 18.6. The summed E-state index contributed by atoms with van der Waals surface area (Å²) in [5, 5.41) is 0. The van der Waals surface area contributed by atoms with Gasteiger partial charge in [-0.1, -0.05) is 12.1 Å². The van der Waals surface area contributed by atoms with Crippen LogP contribution in [0.25, 0.3) is 0 Å². The van der Waals surface area contributed by atoms with E-state index in [1.807, 2.05) is 0 Å². The van der Waals surface area contributed by atoms with Crippen molar-refractivity contribution in [3.8, 4) is 0 Å². The van der Waals surface area contributed by atoms with Crippen LogP contribution in [0.3, 0.4) is 0 Å². The fourth-order valence-corrected chi connectivity index (χ4v) is 2.86. The molecular formula is C15H17FO3. The summed E-state index contributed by atoms with van der Waals surface area (Å²) in [6, 6.07) is 4.72. The van der Waals surface area contributed by atoms with Gasteiger partial charge in [0.15, 0.2) is 0 Å². The number of rotatable bonds is 2. The quantitative estimate of drug-likeness (QED) is 0.771. The Morgan fingerprint density at radius 1 is 1.32 bits per heavy atom. The molecule has 0 atom stereocenters. The number of carbonyl (C=O) groups is 2. The number of methoxy groups -OCH3 is 1. The molecule has 102 valence electrons. The Balaban J connectivity index is 2.52. The van der Waals surface area contributed by atoms with Crippen molar-refractivity contribution < 1.29 is 18.7 Å². The summed E-state index contributed by atoms with van der Waals surface area (Å²) in [4.78, 5) is 23.6. The molecule has 0 unspecified atom stereocenters. The van der Waals surface area contributed by atoms with Gasteiger partial charge in [0.05, 0.1) is 12.5 Å². The smallest absolute Gasteiger partial charge is 0.316 e. The van der Waals surface area contributed by atoms with E-state index < -0.39 is 5.41 Å². The molecule has 1 aliphatic carbocycles. The molecule has 1 aliphatic rings. The number of hydrogen-bond acceptors (Lipinski definition) is 3. The number of benzene rings is 1. The SMILES string of the molecule is COC(=O)C1(c2cccc(F)c2C)CCC(=O)CC1. The zero-order valence-electron chi connectivity index (χ0n) is 11.2. The molecule has 1 aromatic rings. The van der Waals surface area contributed by atoms with Crippen molar-refractivity contribution >= 4 is 11.8 Å². The third-order valence-electron chi connectivity index (χ3n) is 4.02. The van der Waals surface area contributed by atoms with Gasteiger partial charge in [-0.25, -0.2) is 4.39 Å². The van der Waals surface area contributed by atoms with Crippen molar-refractivity contribution in [1.29, 1.82) is 0 Å². The summed E-state index contributed by atoms with van der Waals surface area (Å²) >= 11 is 0. The zero-order valence-corrected chi connectivity index (χ0v) is 11.2. The second-order valence-corrected chi connectivity index (χ2v) is 5.02. The Morgan fingerprint density at radius 3 is 2.53 bits per heavy atom. The molecule has 0 radical (unpaired) electrons. The number of esters is 1. The summed E-state index contributed by atoms with van der Waals surface area (Å²) in [5.74, 6) is -0.569. The van der Waals surface area contributed by atoms with Gasteiger partial charge >= 0.3 is 5.97 Å². The van der Waals surface area contributed by atoms with Gasteiger partial charge in [-0.2, -0.15) is 0 Å². The monoisotopic (exact) mass is 264 g/mol. The molecule has 0 aromatic heterocycles. The molecule has 0 amide bonds. The van der Waals surface area contributed by atoms with Crippen molar-refractivity contribution in [2.75, 3.05) is 7.11 Å². The van der Waals surface area contributed by atoms with E-state index >= 15 is 0 Å². The second kappa shape index (κ2) is 5.11. The van der Waals surface area contributed by atoms with Gasteiger partial charge in [0.1, 0.15) is 11.6 Å². The highest BCUT2D eigenvalue weighted by Gasteiger charge is 2.45. The molecule has 4 heteroatoms. The average Bonchev–Trinajstić information content (AvgIpc) is 2.42. The molecule has 0 aliphatic heterocycles. The fraction of sp³-hybridized carbons (Fsp3) is 0.467. The number of ether oxygens (including phenoxy) is 1. The predicted molar refractivity (Wildman–Crippen MR) is 68.3 cm³/mol. The minimum Gasteiger partial charge on any atom is -0.468 e. The predicted octanol–water partition coefficient (Wildman–Crippen LogP) is 2.69. The lowest BCUT2D eigenvalue weighted by molar-refractivity contribution is -0.149. The van der Waals surface area contributed by atoms with E-state index in [1.165, 1.54) is 13.2 Å². The van der Waals surface area contributed by atoms with Crippen LogP contribution >= 0.6 is 0 Å². The van der Waals surface area contributed by atoms with Gasteiger partial charge in [0.25, 0.3) is 0 Å². The van der Waals surface area contributed by atoms with Gasteiger partial charge in [-0.3, -0.25) is 9.59 Å². The number of Topliss-reactive ketones (excluding diaryl/α,β-unsaturated/α-hetero) is 1. The third kappa shape index (κ3) is 2.27. The van der Waals surface area contributed by atoms with Gasteiger partial charge in [-0.15, -0.1) is 0 Å². The van der Waals surface area contributed by atoms with Gasteiger partial charge < -0.3 is 4.74 Å². The van der Waals surface area contributed by atoms with Crippen LogP contribution in [0, 0.1) is 12.7 Å². The topological polar surface area (TPSA) is 43.4 Å². The first-order valence-corrected chi connectivity index (χ1v) is 6.37. The lowest BCUT2D eigenvalue weighted by atomic mass is 9.68. The van der Waals surface area contributed by atoms with Crippen molar-refractivity contribution in [2.45, 2.75) is 38.0 Å². The molecule has 0 N–H and O–H groups in total. The van der Waals surface area contributed by atoms with E-state index in [0.29, 0.717) is 36.8 Å². The van der Waals surface area contributed by atoms with Crippen LogP contribution in [-0.4, -0.2) is 18.9 Å². The number of ketones is 1. The number of halogens is 1. The van der Waals surface area contributed by atoms with Crippen molar-refractivity contribution in [3.63, 3.8) is 0 Å². The standard InChI is InChI=1S/C15H17FO3/c1-10-12(4-3-5-13(10)16)15(14(18)19-2)8-6-11(17)7-9-15/h3-5H,6-9H2,1-2H3. The van der Waals surface area contributed by atoms with Crippen LogP contribution in [0.15, 0.2) is 18.2 Å². The molecule has 0 saturated heterocycles. The van der Waals surface area contributed by atoms with E-state index in [9.17, 15) is 14.0 Å². The van der Waals surface area contributed by atoms with Crippen molar-refractivity contribution in [3.05, 3.63) is 35.1 Å². The maximum absolute atomic E-state index is 13.7. The summed E-state index contributed by atoms with van der Waals surface area (Å²) in [6.07, 6.45) is 1.46. The van der Waals surface area contributed by atoms with E-state index in [4.69, 9.17) is 4.74 Å². The van der Waals surface area contributed by atoms with Crippen LogP contribution in [-0.2, 0) is 19.7 Å². The van der Waals surface area contributed by atoms with Gasteiger partial charge in [-0.05, 0) is 37.0 Å². The Hall–Kier alpha value is -1.71. The number of hydrogen-bond donors (Lipinski definition) is 0. The lowest BCUT2D eigenvalue weighted by Crippen LogP contribution is -2.41. The first-order valence-electron chi connectivity index (χ1n) is 6.37. The Labute approximate surface area is 111 Å². The molecule has 0 heterocycles. The maximum atomic E-state index is 13.7. The zero-order chi connectivity index (χ0) is 14.0. The van der Waals surface area contributed by atoms with Crippen LogP contribution in [0.5, 0.6) is 0 Å². The highest BCUT2D eigenvalue weighted by Crippen LogP contribution is 2.41. The van der Waals surface area contributed by atoms with Gasteiger partial charge in [0.2, 0.25) is 0 Å². The molecule has 0 bridgehead atoms. The lowest BCUT2D eigenvalue weighted by Gasteiger charge is -2.35. The molecule has 2 rings (SSSR count). The molecule has 3 nitrogen and oxygen atoms in total. The van der Waals surface area contributed by atoms with Crippen molar-refractivity contribution in [2.24, 2.45) is 0 Å². The van der Waals surface area contributed by atoms with Crippen LogP contribution in [0.4, 0.5) is 4.39 Å². The van der Waals surface area contributed by atoms with Crippen LogP contribution < -0.4 is 0 Å². The Bertz CT molecular complexity index is 512. The third-order valence-corrected chi connectivity index (χ3v) is 4.02. The highest BCUT2D eigenvalue weighted by molar-refractivity contribution is 5.88. The average molecular weight is 264 g/mol. The van der Waals surface area contributed by atoms with Gasteiger partial charge in [0, 0.05) is 12.8 Å². The highest BCUT2D eigenvalue weighted by atomic mass is 19.1. The normalized spacial score (nSPS) is 18.2. The van der Waals surface area contributed by atoms with Crippen LogP contribution in [0.1, 0.15) is 36.8 Å². The maximum Gasteiger partial charge on any atom is 0.316 e. The minimum absolute atomic E-state index is 0.147. The Morgan fingerprint density at radius 2 is 1.95 bits per heavy atom. The summed E-state index contributed by atoms with van der Waals surface area (Å²) in [7, 11) is 1.33. The second-order valence-electron chi connectivity index (χ2n) is 5.02. The van der Waals surface area contributed by atoms with E-state index in [-0.39, 0.29) is 17.6 Å². The van der Waals surface area contributed by atoms with Crippen molar-refractivity contribution in [1.82, 2.24) is 0 Å².